The minimum absolute atomic E-state index is 0.281. The highest BCUT2D eigenvalue weighted by Gasteiger charge is 2.65. The first-order valence-electron chi connectivity index (χ1n) is 22.0. The van der Waals surface area contributed by atoms with E-state index < -0.39 is 0 Å². The molecular formula is C46H59N7S. The summed E-state index contributed by atoms with van der Waals surface area (Å²) in [5.74, 6) is 0. The van der Waals surface area contributed by atoms with Crippen LogP contribution in [0.15, 0.2) is 91.0 Å². The van der Waals surface area contributed by atoms with Gasteiger partial charge in [0.05, 0.1) is 6.04 Å². The van der Waals surface area contributed by atoms with E-state index in [1.165, 1.54) is 101 Å². The van der Waals surface area contributed by atoms with Gasteiger partial charge in [0.2, 0.25) is 0 Å². The molecule has 5 saturated heterocycles. The smallest absolute Gasteiger partial charge is 0.100 e. The summed E-state index contributed by atoms with van der Waals surface area (Å²) in [6.45, 7) is 0.849. The second kappa shape index (κ2) is 13.4. The molecule has 0 radical (unpaired) electrons. The van der Waals surface area contributed by atoms with Gasteiger partial charge in [-0.05, 0) is 87.8 Å². The quantitative estimate of drug-likeness (QED) is 0.291. The Balaban J connectivity index is 0.976. The average molecular weight is 742 g/mol. The van der Waals surface area contributed by atoms with Crippen LogP contribution >= 0.6 is 11.8 Å². The van der Waals surface area contributed by atoms with Gasteiger partial charge in [-0.15, -0.1) is 0 Å². The maximum Gasteiger partial charge on any atom is 0.100 e. The van der Waals surface area contributed by atoms with Crippen molar-refractivity contribution in [2.45, 2.75) is 167 Å². The number of hydrogen-bond donors (Lipinski definition) is 2. The normalized spacial score (nSPS) is 42.8. The van der Waals surface area contributed by atoms with E-state index in [0.717, 1.165) is 11.9 Å². The fourth-order valence-corrected chi connectivity index (χ4v) is 16.3. The number of benzene rings is 3. The minimum Gasteiger partial charge on any atom is -0.362 e. The molecule has 0 bridgehead atoms. The summed E-state index contributed by atoms with van der Waals surface area (Å²) >= 11 is 2.46. The summed E-state index contributed by atoms with van der Waals surface area (Å²) in [4.78, 5) is 15.3. The van der Waals surface area contributed by atoms with E-state index in [2.05, 4.69) is 138 Å². The molecule has 0 aromatic heterocycles. The van der Waals surface area contributed by atoms with Crippen LogP contribution < -0.4 is 25.3 Å². The average Bonchev–Trinajstić information content (AvgIpc) is 3.24. The number of fused-ring (bicyclic) bond motifs is 8. The number of rotatable bonds is 3. The van der Waals surface area contributed by atoms with Gasteiger partial charge >= 0.3 is 0 Å². The summed E-state index contributed by atoms with van der Waals surface area (Å²) in [5, 5.41) is 9.69. The SMILES string of the molecule is c1ccc(N2C3CCCCC3N3C4CC5C(CC4SC4CCCC2C43)N(c2ccccc2)C2NCNC3C2N5C2CCCCC2N3c2ccccc2)cc1. The fourth-order valence-electron chi connectivity index (χ4n) is 14.4. The summed E-state index contributed by atoms with van der Waals surface area (Å²) in [6, 6.07) is 40.7. The molecule has 54 heavy (non-hydrogen) atoms. The van der Waals surface area contributed by atoms with Crippen molar-refractivity contribution in [3.63, 3.8) is 0 Å². The molecule has 284 valence electrons. The second-order valence-corrected chi connectivity index (χ2v) is 19.8. The van der Waals surface area contributed by atoms with Crippen LogP contribution in [0.25, 0.3) is 0 Å². The second-order valence-electron chi connectivity index (χ2n) is 18.3. The molecule has 3 aromatic carbocycles. The highest BCUT2D eigenvalue weighted by atomic mass is 32.2. The van der Waals surface area contributed by atoms with Crippen LogP contribution in [-0.4, -0.2) is 99.7 Å². The summed E-state index contributed by atoms with van der Waals surface area (Å²) in [7, 11) is 0. The van der Waals surface area contributed by atoms with Crippen LogP contribution in [0.5, 0.6) is 0 Å². The third-order valence-corrected chi connectivity index (χ3v) is 17.7. The molecular weight excluding hydrogens is 683 g/mol. The fraction of sp³-hybridized carbons (Fsp3) is 0.609. The molecule has 5 aliphatic heterocycles. The predicted octanol–water partition coefficient (Wildman–Crippen LogP) is 7.25. The van der Waals surface area contributed by atoms with E-state index in [1.54, 1.807) is 0 Å². The zero-order valence-electron chi connectivity index (χ0n) is 31.8. The molecule has 4 saturated carbocycles. The summed E-state index contributed by atoms with van der Waals surface area (Å²) in [6.07, 6.45) is 18.2. The van der Waals surface area contributed by atoms with E-state index in [0.29, 0.717) is 65.7 Å². The molecule has 9 fully saturated rings. The molecule has 8 heteroatoms. The van der Waals surface area contributed by atoms with Crippen LogP contribution in [0.1, 0.15) is 83.5 Å². The third kappa shape index (κ3) is 5.01. The zero-order valence-corrected chi connectivity index (χ0v) is 32.6. The van der Waals surface area contributed by atoms with Gasteiger partial charge in [0.15, 0.2) is 0 Å². The van der Waals surface area contributed by atoms with Gasteiger partial charge in [0, 0.05) is 88.6 Å². The van der Waals surface area contributed by atoms with Crippen LogP contribution in [0.3, 0.4) is 0 Å². The molecule has 2 N–H and O–H groups in total. The monoisotopic (exact) mass is 741 g/mol. The number of thioether (sulfide) groups is 1. The molecule has 0 spiro atoms. The topological polar surface area (TPSA) is 40.3 Å². The van der Waals surface area contributed by atoms with E-state index in [1.807, 2.05) is 0 Å². The van der Waals surface area contributed by atoms with E-state index in [4.69, 9.17) is 0 Å². The number of hydrogen-bond acceptors (Lipinski definition) is 8. The standard InChI is InChI=1S/C46H59N7S/c1-4-15-30(16-5-1)49-33-21-10-12-23-35(33)53-40-27-38-39(28-42(40)54-41-26-14-25-37(49)43(41)53)51(32-19-8-3-9-20-32)46-44-45(47-29-48-46)50(31-17-6-2-7-18-31)34-22-11-13-24-36(34)52(38)44/h1-9,15-20,33-48H,10-14,21-29H2. The van der Waals surface area contributed by atoms with Crippen molar-refractivity contribution in [2.24, 2.45) is 0 Å². The Morgan fingerprint density at radius 2 is 0.907 bits per heavy atom. The largest absolute Gasteiger partial charge is 0.362 e. The Bertz CT molecular complexity index is 1780. The lowest BCUT2D eigenvalue weighted by atomic mass is 9.71. The van der Waals surface area contributed by atoms with E-state index >= 15 is 0 Å². The highest BCUT2D eigenvalue weighted by molar-refractivity contribution is 8.00. The molecule has 3 aromatic rings. The van der Waals surface area contributed by atoms with Crippen molar-refractivity contribution < 1.29 is 0 Å². The van der Waals surface area contributed by atoms with Crippen LogP contribution in [0.4, 0.5) is 17.1 Å². The lowest BCUT2D eigenvalue weighted by molar-refractivity contribution is -0.103. The highest BCUT2D eigenvalue weighted by Crippen LogP contribution is 2.56. The zero-order chi connectivity index (χ0) is 35.3. The van der Waals surface area contributed by atoms with Crippen molar-refractivity contribution in [1.29, 1.82) is 0 Å². The minimum atomic E-state index is 0.281. The molecule has 0 amide bonds. The Labute approximate surface area is 327 Å². The van der Waals surface area contributed by atoms with Gasteiger partial charge in [-0.1, -0.05) is 86.7 Å². The lowest BCUT2D eigenvalue weighted by Crippen LogP contribution is -2.88. The molecule has 9 aliphatic rings. The third-order valence-electron chi connectivity index (χ3n) is 16.0. The van der Waals surface area contributed by atoms with Crippen molar-refractivity contribution >= 4 is 28.8 Å². The number of nitrogens with one attached hydrogen (secondary N) is 2. The molecule has 12 rings (SSSR count). The van der Waals surface area contributed by atoms with Gasteiger partial charge < -0.3 is 14.7 Å². The number of piperazine rings is 3. The summed E-state index contributed by atoms with van der Waals surface area (Å²) in [5.41, 5.74) is 4.32. The molecule has 7 nitrogen and oxygen atoms in total. The van der Waals surface area contributed by atoms with Crippen molar-refractivity contribution in [1.82, 2.24) is 20.4 Å². The molecule has 14 atom stereocenters. The van der Waals surface area contributed by atoms with Crippen LogP contribution in [-0.2, 0) is 0 Å². The molecule has 4 aliphatic carbocycles. The van der Waals surface area contributed by atoms with Gasteiger partial charge in [-0.2, -0.15) is 11.8 Å². The van der Waals surface area contributed by atoms with E-state index in [-0.39, 0.29) is 12.3 Å². The van der Waals surface area contributed by atoms with Crippen LogP contribution in [0.2, 0.25) is 0 Å². The van der Waals surface area contributed by atoms with Crippen molar-refractivity contribution in [3.8, 4) is 0 Å². The first kappa shape index (κ1) is 33.4. The first-order chi connectivity index (χ1) is 26.8. The van der Waals surface area contributed by atoms with Gasteiger partial charge in [-0.25, -0.2) is 0 Å². The van der Waals surface area contributed by atoms with Gasteiger partial charge in [0.25, 0.3) is 0 Å². The van der Waals surface area contributed by atoms with Gasteiger partial charge in [-0.3, -0.25) is 20.4 Å². The predicted molar refractivity (Wildman–Crippen MR) is 222 cm³/mol. The molecule has 5 heterocycles. The van der Waals surface area contributed by atoms with Crippen molar-refractivity contribution in [2.75, 3.05) is 21.4 Å². The Morgan fingerprint density at radius 1 is 0.407 bits per heavy atom. The Hall–Kier alpha value is -2.75. The number of anilines is 3. The van der Waals surface area contributed by atoms with E-state index in [9.17, 15) is 0 Å². The first-order valence-corrected chi connectivity index (χ1v) is 22.9. The van der Waals surface area contributed by atoms with Gasteiger partial charge in [0.1, 0.15) is 12.3 Å². The lowest BCUT2D eigenvalue weighted by Gasteiger charge is -2.72. The molecule has 14 unspecified atom stereocenters. The summed E-state index contributed by atoms with van der Waals surface area (Å²) < 4.78 is 0. The Kier molecular flexibility index (Phi) is 8.31. The Morgan fingerprint density at radius 3 is 1.52 bits per heavy atom. The van der Waals surface area contributed by atoms with Crippen LogP contribution in [0, 0.1) is 0 Å². The maximum absolute atomic E-state index is 4.13. The number of nitrogens with zero attached hydrogens (tertiary/aromatic N) is 5. The van der Waals surface area contributed by atoms with Crippen molar-refractivity contribution in [3.05, 3.63) is 91.0 Å². The maximum atomic E-state index is 4.13. The number of para-hydroxylation sites is 3.